The van der Waals surface area contributed by atoms with Crippen molar-refractivity contribution >= 4 is 28.2 Å². The molecule has 7 nitrogen and oxygen atoms in total. The van der Waals surface area contributed by atoms with Crippen molar-refractivity contribution in [2.75, 3.05) is 11.9 Å². The molecule has 3 rings (SSSR count). The second-order valence-electron chi connectivity index (χ2n) is 6.62. The lowest BCUT2D eigenvalue weighted by atomic mass is 9.96. The Labute approximate surface area is 172 Å². The van der Waals surface area contributed by atoms with Crippen LogP contribution in [0.4, 0.5) is 18.2 Å². The number of hydrogen-bond acceptors (Lipinski definition) is 6. The molecule has 30 heavy (non-hydrogen) atoms. The Bertz CT molecular complexity index is 1080. The van der Waals surface area contributed by atoms with Gasteiger partial charge < -0.3 is 14.6 Å². The van der Waals surface area contributed by atoms with Crippen molar-refractivity contribution in [3.63, 3.8) is 0 Å². The maximum Gasteiger partial charge on any atom is 0.417 e. The number of aromatic nitrogens is 1. The molecule has 158 valence electrons. The number of nitriles is 1. The Morgan fingerprint density at radius 2 is 2.00 bits per heavy atom. The van der Waals surface area contributed by atoms with Crippen LogP contribution in [0.3, 0.4) is 0 Å². The van der Waals surface area contributed by atoms with Crippen molar-refractivity contribution < 1.29 is 27.5 Å². The number of carbonyl (C=O) groups excluding carboxylic acids is 2. The van der Waals surface area contributed by atoms with Gasteiger partial charge >= 0.3 is 12.1 Å². The van der Waals surface area contributed by atoms with Crippen molar-refractivity contribution in [2.45, 2.75) is 38.4 Å². The standard InChI is InChI=1S/C19H16F3N3O4S/c20-19(21,22)11-5-6-16(27)25(8-11)9-17(28)29-10-15(26)24-18-13(7-23)12-3-1-2-4-14(12)30-18/h5-6,8H,1-4,9-10H2,(H,24,26). The number of nitrogens with zero attached hydrogens (tertiary/aromatic N) is 2. The summed E-state index contributed by atoms with van der Waals surface area (Å²) in [4.78, 5) is 36.7. The summed E-state index contributed by atoms with van der Waals surface area (Å²) in [6.45, 7) is -1.47. The van der Waals surface area contributed by atoms with E-state index < -0.39 is 42.3 Å². The molecule has 1 amide bonds. The Balaban J connectivity index is 1.60. The number of hydrogen-bond donors (Lipinski definition) is 1. The zero-order valence-electron chi connectivity index (χ0n) is 15.5. The quantitative estimate of drug-likeness (QED) is 0.722. The van der Waals surface area contributed by atoms with Gasteiger partial charge in [0.2, 0.25) is 0 Å². The van der Waals surface area contributed by atoms with E-state index in [4.69, 9.17) is 4.74 Å². The number of pyridine rings is 1. The number of alkyl halides is 3. The molecule has 2 heterocycles. The second-order valence-corrected chi connectivity index (χ2v) is 7.72. The smallest absolute Gasteiger partial charge is 0.417 e. The summed E-state index contributed by atoms with van der Waals surface area (Å²) in [5.74, 6) is -1.73. The first-order valence-corrected chi connectivity index (χ1v) is 9.78. The number of nitrogens with one attached hydrogen (secondary N) is 1. The van der Waals surface area contributed by atoms with Crippen LogP contribution in [0.2, 0.25) is 0 Å². The van der Waals surface area contributed by atoms with Crippen molar-refractivity contribution in [1.82, 2.24) is 4.57 Å². The van der Waals surface area contributed by atoms with E-state index in [1.165, 1.54) is 11.3 Å². The first-order valence-electron chi connectivity index (χ1n) is 8.97. The van der Waals surface area contributed by atoms with Crippen LogP contribution < -0.4 is 10.9 Å². The fraction of sp³-hybridized carbons (Fsp3) is 0.368. The molecule has 11 heteroatoms. The van der Waals surface area contributed by atoms with Gasteiger partial charge in [0, 0.05) is 17.1 Å². The molecule has 0 spiro atoms. The van der Waals surface area contributed by atoms with Crippen molar-refractivity contribution in [2.24, 2.45) is 0 Å². The molecule has 0 bridgehead atoms. The minimum absolute atomic E-state index is 0.388. The van der Waals surface area contributed by atoms with E-state index in [1.54, 1.807) is 0 Å². The molecule has 0 aromatic carbocycles. The van der Waals surface area contributed by atoms with E-state index in [-0.39, 0.29) is 0 Å². The van der Waals surface area contributed by atoms with Gasteiger partial charge in [-0.25, -0.2) is 0 Å². The SMILES string of the molecule is N#Cc1c(NC(=O)COC(=O)Cn2cc(C(F)(F)F)ccc2=O)sc2c1CCCC2. The van der Waals surface area contributed by atoms with Gasteiger partial charge in [-0.05, 0) is 37.3 Å². The summed E-state index contributed by atoms with van der Waals surface area (Å²) >= 11 is 1.31. The monoisotopic (exact) mass is 439 g/mol. The summed E-state index contributed by atoms with van der Waals surface area (Å²) in [6.07, 6.45) is -0.566. The summed E-state index contributed by atoms with van der Waals surface area (Å²) in [5.41, 5.74) is -0.555. The molecule has 0 aliphatic heterocycles. The number of fused-ring (bicyclic) bond motifs is 1. The number of amides is 1. The lowest BCUT2D eigenvalue weighted by Crippen LogP contribution is -2.28. The lowest BCUT2D eigenvalue weighted by molar-refractivity contribution is -0.148. The average Bonchev–Trinajstić information content (AvgIpc) is 3.04. The highest BCUT2D eigenvalue weighted by atomic mass is 32.1. The van der Waals surface area contributed by atoms with Crippen LogP contribution in [0.1, 0.15) is 34.4 Å². The molecule has 2 aromatic rings. The van der Waals surface area contributed by atoms with Gasteiger partial charge in [-0.3, -0.25) is 14.4 Å². The normalized spacial score (nSPS) is 13.3. The number of rotatable bonds is 5. The third kappa shape index (κ3) is 4.88. The fourth-order valence-electron chi connectivity index (χ4n) is 3.09. The average molecular weight is 439 g/mol. The van der Waals surface area contributed by atoms with E-state index in [9.17, 15) is 32.8 Å². The number of aryl methyl sites for hydroxylation is 1. The predicted octanol–water partition coefficient (Wildman–Crippen LogP) is 2.86. The van der Waals surface area contributed by atoms with Gasteiger partial charge in [-0.1, -0.05) is 0 Å². The minimum Gasteiger partial charge on any atom is -0.454 e. The number of esters is 1. The zero-order valence-corrected chi connectivity index (χ0v) is 16.4. The molecule has 0 saturated heterocycles. The molecule has 0 unspecified atom stereocenters. The van der Waals surface area contributed by atoms with Gasteiger partial charge in [-0.2, -0.15) is 18.4 Å². The predicted molar refractivity (Wildman–Crippen MR) is 101 cm³/mol. The number of carbonyl (C=O) groups is 2. The first kappa shape index (κ1) is 21.6. The van der Waals surface area contributed by atoms with Gasteiger partial charge in [0.25, 0.3) is 11.5 Å². The van der Waals surface area contributed by atoms with Crippen LogP contribution in [0.15, 0.2) is 23.1 Å². The van der Waals surface area contributed by atoms with Gasteiger partial charge in [0.05, 0.1) is 11.1 Å². The molecule has 1 aliphatic rings. The van der Waals surface area contributed by atoms with E-state index in [0.717, 1.165) is 36.1 Å². The number of thiophene rings is 1. The van der Waals surface area contributed by atoms with E-state index in [1.807, 2.05) is 0 Å². The van der Waals surface area contributed by atoms with Crippen molar-refractivity contribution in [1.29, 1.82) is 5.26 Å². The number of halogens is 3. The van der Waals surface area contributed by atoms with E-state index >= 15 is 0 Å². The molecule has 0 atom stereocenters. The summed E-state index contributed by atoms with van der Waals surface area (Å²) in [6, 6.07) is 3.40. The van der Waals surface area contributed by atoms with Gasteiger partial charge in [-0.15, -0.1) is 11.3 Å². The number of ether oxygens (including phenoxy) is 1. The van der Waals surface area contributed by atoms with Crippen LogP contribution in [0, 0.1) is 11.3 Å². The third-order valence-corrected chi connectivity index (χ3v) is 5.72. The highest BCUT2D eigenvalue weighted by molar-refractivity contribution is 7.16. The maximum atomic E-state index is 12.7. The molecule has 0 saturated carbocycles. The highest BCUT2D eigenvalue weighted by Crippen LogP contribution is 2.37. The zero-order chi connectivity index (χ0) is 21.9. The largest absolute Gasteiger partial charge is 0.454 e. The maximum absolute atomic E-state index is 12.7. The Hall–Kier alpha value is -3.13. The third-order valence-electron chi connectivity index (χ3n) is 4.51. The molecule has 0 radical (unpaired) electrons. The molecule has 1 aliphatic carbocycles. The highest BCUT2D eigenvalue weighted by Gasteiger charge is 2.31. The van der Waals surface area contributed by atoms with Crippen LogP contribution in [0.5, 0.6) is 0 Å². The first-order chi connectivity index (χ1) is 14.2. The van der Waals surface area contributed by atoms with Crippen molar-refractivity contribution in [3.8, 4) is 6.07 Å². The van der Waals surface area contributed by atoms with Crippen LogP contribution in [0.25, 0.3) is 0 Å². The van der Waals surface area contributed by atoms with E-state index in [0.29, 0.717) is 33.5 Å². The molecule has 1 N–H and O–H groups in total. The lowest BCUT2D eigenvalue weighted by Gasteiger charge is -2.10. The molecular formula is C19H16F3N3O4S. The number of anilines is 1. The fourth-order valence-corrected chi connectivity index (χ4v) is 4.34. The Morgan fingerprint density at radius 3 is 2.70 bits per heavy atom. The minimum atomic E-state index is -4.67. The Kier molecular flexibility index (Phi) is 6.26. The van der Waals surface area contributed by atoms with E-state index in [2.05, 4.69) is 11.4 Å². The van der Waals surface area contributed by atoms with Crippen LogP contribution >= 0.6 is 11.3 Å². The molecule has 0 fully saturated rings. The van der Waals surface area contributed by atoms with Crippen LogP contribution in [-0.4, -0.2) is 23.1 Å². The second kappa shape index (κ2) is 8.71. The Morgan fingerprint density at radius 1 is 1.27 bits per heavy atom. The molecule has 2 aromatic heterocycles. The summed E-state index contributed by atoms with van der Waals surface area (Å²) in [7, 11) is 0. The summed E-state index contributed by atoms with van der Waals surface area (Å²) < 4.78 is 43.5. The van der Waals surface area contributed by atoms with Crippen molar-refractivity contribution in [3.05, 3.63) is 50.3 Å². The summed E-state index contributed by atoms with van der Waals surface area (Å²) in [5, 5.41) is 12.3. The molecular weight excluding hydrogens is 423 g/mol. The van der Waals surface area contributed by atoms with Crippen LogP contribution in [-0.2, 0) is 39.9 Å². The topological polar surface area (TPSA) is 101 Å². The van der Waals surface area contributed by atoms with Gasteiger partial charge in [0.1, 0.15) is 17.6 Å². The van der Waals surface area contributed by atoms with Gasteiger partial charge in [0.15, 0.2) is 6.61 Å².